The Morgan fingerprint density at radius 2 is 1.75 bits per heavy atom. The van der Waals surface area contributed by atoms with Crippen molar-refractivity contribution in [3.05, 3.63) is 82.1 Å². The van der Waals surface area contributed by atoms with Crippen molar-refractivity contribution in [3.8, 4) is 16.9 Å². The highest BCUT2D eigenvalue weighted by molar-refractivity contribution is 9.10. The number of aryl methyl sites for hydroxylation is 1. The Morgan fingerprint density at radius 1 is 0.969 bits per heavy atom. The molecule has 6 heteroatoms. The first-order chi connectivity index (χ1) is 15.7. The van der Waals surface area contributed by atoms with Gasteiger partial charge in [0.15, 0.2) is 5.43 Å². The van der Waals surface area contributed by atoms with Gasteiger partial charge in [0.25, 0.3) is 0 Å². The van der Waals surface area contributed by atoms with E-state index in [1.165, 1.54) is 31.9 Å². The summed E-state index contributed by atoms with van der Waals surface area (Å²) in [6.45, 7) is 1.72. The van der Waals surface area contributed by atoms with Crippen LogP contribution < -0.4 is 10.2 Å². The number of unbranched alkanes of at least 4 members (excludes halogenated alkanes) is 5. The molecular weight excluding hydrogens is 468 g/mol. The molecule has 0 aliphatic heterocycles. The van der Waals surface area contributed by atoms with Gasteiger partial charge >= 0.3 is 0 Å². The molecule has 4 aromatic rings. The fourth-order valence-corrected chi connectivity index (χ4v) is 4.00. The predicted molar refractivity (Wildman–Crippen MR) is 131 cm³/mol. The number of fused-ring (bicyclic) bond motifs is 1. The quantitative estimate of drug-likeness (QED) is 0.214. The molecule has 0 fully saturated rings. The first-order valence-electron chi connectivity index (χ1n) is 11.1. The molecule has 5 nitrogen and oxygen atoms in total. The van der Waals surface area contributed by atoms with Crippen molar-refractivity contribution < 1.29 is 9.15 Å². The summed E-state index contributed by atoms with van der Waals surface area (Å²) in [4.78, 5) is 16.9. The fourth-order valence-electron chi connectivity index (χ4n) is 3.74. The molecule has 166 valence electrons. The Labute approximate surface area is 196 Å². The van der Waals surface area contributed by atoms with Crippen LogP contribution in [0.25, 0.3) is 22.1 Å². The van der Waals surface area contributed by atoms with Crippen molar-refractivity contribution in [2.75, 3.05) is 6.61 Å². The van der Waals surface area contributed by atoms with E-state index in [0.717, 1.165) is 35.2 Å². The Kier molecular flexibility index (Phi) is 7.77. The molecule has 0 aliphatic carbocycles. The van der Waals surface area contributed by atoms with E-state index in [-0.39, 0.29) is 5.43 Å². The highest BCUT2D eigenvalue weighted by Gasteiger charge is 2.10. The van der Waals surface area contributed by atoms with Crippen LogP contribution in [0.1, 0.15) is 38.5 Å². The van der Waals surface area contributed by atoms with Crippen LogP contribution in [0.5, 0.6) is 5.75 Å². The van der Waals surface area contributed by atoms with Crippen molar-refractivity contribution in [2.24, 2.45) is 0 Å². The number of rotatable bonds is 11. The van der Waals surface area contributed by atoms with E-state index in [1.54, 1.807) is 12.1 Å². The van der Waals surface area contributed by atoms with Gasteiger partial charge in [-0.3, -0.25) is 4.79 Å². The average Bonchev–Trinajstić information content (AvgIpc) is 3.32. The molecule has 0 atom stereocenters. The van der Waals surface area contributed by atoms with Crippen LogP contribution in [0, 0.1) is 0 Å². The van der Waals surface area contributed by atoms with E-state index >= 15 is 0 Å². The number of ether oxygens (including phenoxy) is 1. The summed E-state index contributed by atoms with van der Waals surface area (Å²) in [5.41, 5.74) is 1.91. The lowest BCUT2D eigenvalue weighted by molar-refractivity contribution is 0.304. The van der Waals surface area contributed by atoms with Gasteiger partial charge < -0.3 is 13.7 Å². The molecule has 0 N–H and O–H groups in total. The molecule has 2 aromatic carbocycles. The molecule has 0 amide bonds. The zero-order valence-corrected chi connectivity index (χ0v) is 19.6. The highest BCUT2D eigenvalue weighted by atomic mass is 79.9. The summed E-state index contributed by atoms with van der Waals surface area (Å²) in [6.07, 6.45) is 14.3. The fraction of sp³-hybridized carbons (Fsp3) is 0.308. The Morgan fingerprint density at radius 3 is 2.53 bits per heavy atom. The van der Waals surface area contributed by atoms with Gasteiger partial charge in [-0.15, -0.1) is 0 Å². The summed E-state index contributed by atoms with van der Waals surface area (Å²) < 4.78 is 14.7. The van der Waals surface area contributed by atoms with Crippen LogP contribution in [0.2, 0.25) is 0 Å². The van der Waals surface area contributed by atoms with Crippen LogP contribution in [-0.2, 0) is 6.54 Å². The van der Waals surface area contributed by atoms with Crippen LogP contribution in [0.4, 0.5) is 0 Å². The third-order valence-electron chi connectivity index (χ3n) is 5.54. The molecule has 0 saturated carbocycles. The maximum absolute atomic E-state index is 12.9. The monoisotopic (exact) mass is 494 g/mol. The molecule has 0 saturated heterocycles. The molecule has 0 spiro atoms. The molecule has 0 bridgehead atoms. The third-order valence-corrected chi connectivity index (χ3v) is 6.07. The van der Waals surface area contributed by atoms with Crippen molar-refractivity contribution >= 4 is 26.9 Å². The number of imidazole rings is 1. The van der Waals surface area contributed by atoms with Gasteiger partial charge in [-0.2, -0.15) is 0 Å². The van der Waals surface area contributed by atoms with E-state index < -0.39 is 0 Å². The van der Waals surface area contributed by atoms with Crippen LogP contribution in [-0.4, -0.2) is 16.2 Å². The van der Waals surface area contributed by atoms with Gasteiger partial charge in [-0.25, -0.2) is 4.98 Å². The summed E-state index contributed by atoms with van der Waals surface area (Å²) in [6, 6.07) is 13.1. The second kappa shape index (κ2) is 11.1. The third kappa shape index (κ3) is 5.88. The summed E-state index contributed by atoms with van der Waals surface area (Å²) in [5.74, 6) is 0.734. The Bertz CT molecular complexity index is 1180. The smallest absolute Gasteiger partial charge is 0.200 e. The van der Waals surface area contributed by atoms with Crippen molar-refractivity contribution in [2.45, 2.75) is 45.1 Å². The minimum atomic E-state index is -0.0341. The second-order valence-corrected chi connectivity index (χ2v) is 8.83. The molecular formula is C26H27BrN2O3. The van der Waals surface area contributed by atoms with Crippen molar-refractivity contribution in [3.63, 3.8) is 0 Å². The lowest BCUT2D eigenvalue weighted by Crippen LogP contribution is -2.05. The lowest BCUT2D eigenvalue weighted by atomic mass is 10.1. The minimum Gasteiger partial charge on any atom is -0.493 e. The Balaban J connectivity index is 1.22. The molecule has 4 rings (SSSR count). The predicted octanol–water partition coefficient (Wildman–Crippen LogP) is 6.84. The summed E-state index contributed by atoms with van der Waals surface area (Å²) in [5, 5.41) is 0.563. The SMILES string of the molecule is O=c1c(-c2ccc(Br)cc2)coc2cc(OCCCCCCCCn3ccnc3)ccc12. The number of hydrogen-bond donors (Lipinski definition) is 0. The standard InChI is InChI=1S/C26H27BrN2O3/c27-21-9-7-20(8-10-21)24-18-32-25-17-22(11-12-23(25)26(24)30)31-16-6-4-2-1-3-5-14-29-15-13-28-19-29/h7-13,15,17-19H,1-6,14,16H2. The topological polar surface area (TPSA) is 57.3 Å². The largest absolute Gasteiger partial charge is 0.493 e. The molecule has 0 unspecified atom stereocenters. The number of halogens is 1. The van der Waals surface area contributed by atoms with Crippen LogP contribution >= 0.6 is 15.9 Å². The molecule has 2 heterocycles. The van der Waals surface area contributed by atoms with Gasteiger partial charge in [-0.05, 0) is 42.7 Å². The normalized spacial score (nSPS) is 11.2. The number of benzene rings is 2. The first kappa shape index (κ1) is 22.3. The van der Waals surface area contributed by atoms with E-state index in [1.807, 2.05) is 49.1 Å². The van der Waals surface area contributed by atoms with Crippen LogP contribution in [0.3, 0.4) is 0 Å². The first-order valence-corrected chi connectivity index (χ1v) is 11.9. The summed E-state index contributed by atoms with van der Waals surface area (Å²) in [7, 11) is 0. The summed E-state index contributed by atoms with van der Waals surface area (Å²) >= 11 is 3.42. The molecule has 0 aliphatic rings. The van der Waals surface area contributed by atoms with E-state index in [4.69, 9.17) is 9.15 Å². The lowest BCUT2D eigenvalue weighted by Gasteiger charge is -2.08. The minimum absolute atomic E-state index is 0.0341. The van der Waals surface area contributed by atoms with Gasteiger partial charge in [0.1, 0.15) is 17.6 Å². The second-order valence-electron chi connectivity index (χ2n) is 7.91. The van der Waals surface area contributed by atoms with E-state index in [2.05, 4.69) is 25.5 Å². The average molecular weight is 495 g/mol. The number of nitrogens with zero attached hydrogens (tertiary/aromatic N) is 2. The highest BCUT2D eigenvalue weighted by Crippen LogP contribution is 2.24. The zero-order valence-electron chi connectivity index (χ0n) is 18.0. The van der Waals surface area contributed by atoms with Crippen LogP contribution in [0.15, 0.2) is 81.1 Å². The zero-order chi connectivity index (χ0) is 22.2. The molecule has 2 aromatic heterocycles. The van der Waals surface area contributed by atoms with E-state index in [0.29, 0.717) is 23.1 Å². The van der Waals surface area contributed by atoms with Gasteiger partial charge in [0.05, 0.1) is 23.9 Å². The molecule has 0 radical (unpaired) electrons. The maximum atomic E-state index is 12.9. The van der Waals surface area contributed by atoms with E-state index in [9.17, 15) is 4.79 Å². The van der Waals surface area contributed by atoms with Gasteiger partial charge in [0.2, 0.25) is 0 Å². The molecule has 32 heavy (non-hydrogen) atoms. The Hall–Kier alpha value is -2.86. The van der Waals surface area contributed by atoms with Gasteiger partial charge in [0, 0.05) is 29.5 Å². The number of hydrogen-bond acceptors (Lipinski definition) is 4. The van der Waals surface area contributed by atoms with Gasteiger partial charge in [-0.1, -0.05) is 53.7 Å². The van der Waals surface area contributed by atoms with Crippen molar-refractivity contribution in [1.82, 2.24) is 9.55 Å². The maximum Gasteiger partial charge on any atom is 0.200 e. The number of aromatic nitrogens is 2. The van der Waals surface area contributed by atoms with Crippen molar-refractivity contribution in [1.29, 1.82) is 0 Å².